The molecule has 2 saturated carbocycles. The Bertz CT molecular complexity index is 459. The van der Waals surface area contributed by atoms with Crippen LogP contribution >= 0.6 is 0 Å². The van der Waals surface area contributed by atoms with Crippen molar-refractivity contribution in [3.05, 3.63) is 35.9 Å². The van der Waals surface area contributed by atoms with Crippen molar-refractivity contribution in [1.82, 2.24) is 5.32 Å². The number of aliphatic hydroxyl groups is 1. The maximum Gasteiger partial charge on any atom is 0.223 e. The third kappa shape index (κ3) is 2.88. The van der Waals surface area contributed by atoms with Gasteiger partial charge in [-0.25, -0.2) is 0 Å². The zero-order valence-electron chi connectivity index (χ0n) is 11.8. The van der Waals surface area contributed by atoms with E-state index in [2.05, 4.69) is 5.32 Å². The van der Waals surface area contributed by atoms with Gasteiger partial charge in [0.2, 0.25) is 5.91 Å². The predicted octanol–water partition coefficient (Wildman–Crippen LogP) is 2.66. The van der Waals surface area contributed by atoms with E-state index < -0.39 is 6.10 Å². The lowest BCUT2D eigenvalue weighted by Gasteiger charge is -2.21. The lowest BCUT2D eigenvalue weighted by Crippen LogP contribution is -2.34. The molecule has 0 aliphatic heterocycles. The van der Waals surface area contributed by atoms with Gasteiger partial charge in [0, 0.05) is 12.5 Å². The van der Waals surface area contributed by atoms with Crippen molar-refractivity contribution in [2.45, 2.75) is 38.2 Å². The van der Waals surface area contributed by atoms with E-state index in [1.54, 1.807) is 0 Å². The zero-order valence-corrected chi connectivity index (χ0v) is 11.8. The first kappa shape index (κ1) is 13.6. The highest BCUT2D eigenvalue weighted by molar-refractivity contribution is 5.79. The summed E-state index contributed by atoms with van der Waals surface area (Å²) in [5, 5.41) is 13.1. The molecule has 2 bridgehead atoms. The normalized spacial score (nSPS) is 29.4. The Morgan fingerprint density at radius 2 is 2.05 bits per heavy atom. The molecule has 2 fully saturated rings. The molecule has 2 N–H and O–H groups in total. The fourth-order valence-corrected chi connectivity index (χ4v) is 3.87. The molecule has 4 atom stereocenters. The van der Waals surface area contributed by atoms with Crippen LogP contribution in [0.3, 0.4) is 0 Å². The number of fused-ring (bicyclic) bond motifs is 2. The molecule has 0 radical (unpaired) electrons. The molecule has 3 rings (SSSR count). The summed E-state index contributed by atoms with van der Waals surface area (Å²) in [5.41, 5.74) is 0.918. The Balaban J connectivity index is 1.42. The molecular formula is C17H23NO2. The summed E-state index contributed by atoms with van der Waals surface area (Å²) in [5.74, 6) is 1.87. The smallest absolute Gasteiger partial charge is 0.223 e. The van der Waals surface area contributed by atoms with Crippen molar-refractivity contribution in [3.63, 3.8) is 0 Å². The number of hydrogen-bond donors (Lipinski definition) is 2. The van der Waals surface area contributed by atoms with E-state index in [9.17, 15) is 9.90 Å². The lowest BCUT2D eigenvalue weighted by molar-refractivity contribution is -0.126. The van der Waals surface area contributed by atoms with Crippen molar-refractivity contribution in [2.24, 2.45) is 17.8 Å². The molecule has 2 aliphatic carbocycles. The first-order chi connectivity index (χ1) is 9.74. The van der Waals surface area contributed by atoms with Gasteiger partial charge in [-0.3, -0.25) is 4.79 Å². The number of rotatable bonds is 5. The molecule has 4 unspecified atom stereocenters. The van der Waals surface area contributed by atoms with E-state index in [0.717, 1.165) is 17.9 Å². The number of nitrogens with one attached hydrogen (secondary N) is 1. The van der Waals surface area contributed by atoms with Crippen LogP contribution in [0.25, 0.3) is 0 Å². The molecule has 2 aliphatic rings. The van der Waals surface area contributed by atoms with Crippen LogP contribution in [-0.4, -0.2) is 17.6 Å². The summed E-state index contributed by atoms with van der Waals surface area (Å²) in [7, 11) is 0. The Kier molecular flexibility index (Phi) is 4.06. The third-order valence-corrected chi connectivity index (χ3v) is 4.98. The third-order valence-electron chi connectivity index (χ3n) is 4.98. The molecule has 1 amide bonds. The molecule has 1 aromatic carbocycles. The van der Waals surface area contributed by atoms with E-state index in [4.69, 9.17) is 0 Å². The molecular weight excluding hydrogens is 250 g/mol. The van der Waals surface area contributed by atoms with Gasteiger partial charge in [-0.05, 0) is 43.1 Å². The molecule has 3 nitrogen and oxygen atoms in total. The predicted molar refractivity (Wildman–Crippen MR) is 78.0 cm³/mol. The molecule has 0 saturated heterocycles. The molecule has 0 spiro atoms. The fraction of sp³-hybridized carbons (Fsp3) is 0.588. The maximum atomic E-state index is 12.2. The van der Waals surface area contributed by atoms with Crippen LogP contribution in [0.15, 0.2) is 30.3 Å². The van der Waals surface area contributed by atoms with Gasteiger partial charge >= 0.3 is 0 Å². The molecule has 1 aromatic rings. The van der Waals surface area contributed by atoms with Gasteiger partial charge in [-0.2, -0.15) is 0 Å². The highest BCUT2D eigenvalue weighted by Crippen LogP contribution is 2.48. The Morgan fingerprint density at radius 3 is 2.70 bits per heavy atom. The minimum Gasteiger partial charge on any atom is -0.388 e. The lowest BCUT2D eigenvalue weighted by atomic mass is 9.88. The Hall–Kier alpha value is -1.35. The summed E-state index contributed by atoms with van der Waals surface area (Å²) in [4.78, 5) is 12.2. The quantitative estimate of drug-likeness (QED) is 0.866. The summed E-state index contributed by atoms with van der Waals surface area (Å²) in [6.07, 6.45) is 4.98. The van der Waals surface area contributed by atoms with Gasteiger partial charge in [0.25, 0.3) is 0 Å². The SMILES string of the molecule is O=C(NCCC(O)c1ccccc1)C1CC2CCC1C2. The second-order valence-corrected chi connectivity index (χ2v) is 6.29. The molecule has 0 heterocycles. The van der Waals surface area contributed by atoms with Crippen LogP contribution in [0, 0.1) is 17.8 Å². The topological polar surface area (TPSA) is 49.3 Å². The summed E-state index contributed by atoms with van der Waals surface area (Å²) < 4.78 is 0. The van der Waals surface area contributed by atoms with Gasteiger partial charge < -0.3 is 10.4 Å². The second kappa shape index (κ2) is 5.96. The minimum absolute atomic E-state index is 0.206. The van der Waals surface area contributed by atoms with Gasteiger partial charge in [0.05, 0.1) is 6.10 Å². The number of carbonyl (C=O) groups excluding carboxylic acids is 1. The van der Waals surface area contributed by atoms with E-state index in [-0.39, 0.29) is 11.8 Å². The van der Waals surface area contributed by atoms with Crippen molar-refractivity contribution < 1.29 is 9.90 Å². The van der Waals surface area contributed by atoms with Crippen LogP contribution in [0.2, 0.25) is 0 Å². The van der Waals surface area contributed by atoms with Crippen molar-refractivity contribution >= 4 is 5.91 Å². The van der Waals surface area contributed by atoms with Crippen molar-refractivity contribution in [3.8, 4) is 0 Å². The molecule has 3 heteroatoms. The number of hydrogen-bond acceptors (Lipinski definition) is 2. The monoisotopic (exact) mass is 273 g/mol. The average Bonchev–Trinajstić information content (AvgIpc) is 3.10. The van der Waals surface area contributed by atoms with E-state index in [0.29, 0.717) is 18.9 Å². The summed E-state index contributed by atoms with van der Waals surface area (Å²) >= 11 is 0. The number of amides is 1. The van der Waals surface area contributed by atoms with E-state index in [1.165, 1.54) is 19.3 Å². The van der Waals surface area contributed by atoms with Gasteiger partial charge in [0.1, 0.15) is 0 Å². The first-order valence-corrected chi connectivity index (χ1v) is 7.74. The van der Waals surface area contributed by atoms with Crippen LogP contribution in [0.4, 0.5) is 0 Å². The summed E-state index contributed by atoms with van der Waals surface area (Å²) in [6, 6.07) is 9.62. The minimum atomic E-state index is -0.489. The number of benzene rings is 1. The summed E-state index contributed by atoms with van der Waals surface area (Å²) in [6.45, 7) is 0.558. The average molecular weight is 273 g/mol. The van der Waals surface area contributed by atoms with Crippen molar-refractivity contribution in [1.29, 1.82) is 0 Å². The van der Waals surface area contributed by atoms with Crippen molar-refractivity contribution in [2.75, 3.05) is 6.54 Å². The molecule has 0 aromatic heterocycles. The van der Waals surface area contributed by atoms with E-state index >= 15 is 0 Å². The number of carbonyl (C=O) groups is 1. The fourth-order valence-electron chi connectivity index (χ4n) is 3.87. The maximum absolute atomic E-state index is 12.2. The number of aliphatic hydroxyl groups excluding tert-OH is 1. The highest BCUT2D eigenvalue weighted by Gasteiger charge is 2.42. The Morgan fingerprint density at radius 1 is 1.25 bits per heavy atom. The van der Waals surface area contributed by atoms with Gasteiger partial charge in [-0.15, -0.1) is 0 Å². The van der Waals surface area contributed by atoms with Gasteiger partial charge in [-0.1, -0.05) is 36.8 Å². The molecule has 20 heavy (non-hydrogen) atoms. The second-order valence-electron chi connectivity index (χ2n) is 6.29. The van der Waals surface area contributed by atoms with Crippen LogP contribution < -0.4 is 5.32 Å². The zero-order chi connectivity index (χ0) is 13.9. The van der Waals surface area contributed by atoms with Crippen LogP contribution in [0.1, 0.15) is 43.8 Å². The van der Waals surface area contributed by atoms with Gasteiger partial charge in [0.15, 0.2) is 0 Å². The van der Waals surface area contributed by atoms with Crippen LogP contribution in [0.5, 0.6) is 0 Å². The first-order valence-electron chi connectivity index (χ1n) is 7.74. The molecule has 108 valence electrons. The standard InChI is InChI=1S/C17H23NO2/c19-16(13-4-2-1-3-5-13)8-9-18-17(20)15-11-12-6-7-14(15)10-12/h1-5,12,14-16,19H,6-11H2,(H,18,20). The largest absolute Gasteiger partial charge is 0.388 e. The van der Waals surface area contributed by atoms with Crippen LogP contribution in [-0.2, 0) is 4.79 Å². The van der Waals surface area contributed by atoms with E-state index in [1.807, 2.05) is 30.3 Å². The Labute approximate surface area is 120 Å². The highest BCUT2D eigenvalue weighted by atomic mass is 16.3.